The number of hydrogen-bond donors (Lipinski definition) is 0. The van der Waals surface area contributed by atoms with Crippen LogP contribution in [0.4, 0.5) is 10.3 Å². The molecule has 7 heteroatoms. The Balaban J connectivity index is 1.14. The quantitative estimate of drug-likeness (QED) is 0.594. The van der Waals surface area contributed by atoms with Crippen molar-refractivity contribution in [1.82, 2.24) is 14.9 Å². The summed E-state index contributed by atoms with van der Waals surface area (Å²) in [4.78, 5) is 26.7. The van der Waals surface area contributed by atoms with E-state index in [9.17, 15) is 9.18 Å². The minimum absolute atomic E-state index is 0.0341. The fraction of sp³-hybridized carbons (Fsp3) is 0.423. The summed E-state index contributed by atoms with van der Waals surface area (Å²) < 4.78 is 19.7. The number of carbonyl (C=O) groups excluding carboxylic acids is 1. The molecule has 2 aromatic carbocycles. The average molecular weight is 449 g/mol. The zero-order chi connectivity index (χ0) is 22.8. The third kappa shape index (κ3) is 4.63. The van der Waals surface area contributed by atoms with Gasteiger partial charge in [-0.25, -0.2) is 14.4 Å². The van der Waals surface area contributed by atoms with Gasteiger partial charge in [-0.05, 0) is 38.0 Å². The number of aryl methyl sites for hydroxylation is 1. The lowest BCUT2D eigenvalue weighted by atomic mass is 9.94. The molecule has 0 radical (unpaired) electrons. The van der Waals surface area contributed by atoms with Crippen LogP contribution < -0.4 is 9.64 Å². The van der Waals surface area contributed by atoms with Gasteiger partial charge in [0.1, 0.15) is 6.10 Å². The fourth-order valence-corrected chi connectivity index (χ4v) is 4.86. The SMILES string of the molecule is Cc1nc(N2CCC(C(=O)N3CCC(Oc4ccccc4F)CC3)CC2)nc2ccccc12. The minimum Gasteiger partial charge on any atom is -0.487 e. The molecule has 2 fully saturated rings. The van der Waals surface area contributed by atoms with E-state index in [-0.39, 0.29) is 23.7 Å². The average Bonchev–Trinajstić information content (AvgIpc) is 2.85. The number of aromatic nitrogens is 2. The van der Waals surface area contributed by atoms with Crippen LogP contribution >= 0.6 is 0 Å². The molecule has 3 aromatic rings. The Hall–Kier alpha value is -3.22. The van der Waals surface area contributed by atoms with Crippen LogP contribution in [-0.2, 0) is 4.79 Å². The Labute approximate surface area is 193 Å². The molecule has 6 nitrogen and oxygen atoms in total. The molecular formula is C26H29FN4O2. The van der Waals surface area contributed by atoms with E-state index in [4.69, 9.17) is 14.7 Å². The van der Waals surface area contributed by atoms with Crippen molar-refractivity contribution in [3.05, 3.63) is 60.0 Å². The molecule has 33 heavy (non-hydrogen) atoms. The molecule has 0 aliphatic carbocycles. The Kier molecular flexibility index (Phi) is 6.11. The lowest BCUT2D eigenvalue weighted by Gasteiger charge is -2.37. The van der Waals surface area contributed by atoms with E-state index >= 15 is 0 Å². The number of nitrogens with zero attached hydrogens (tertiary/aromatic N) is 4. The van der Waals surface area contributed by atoms with Gasteiger partial charge in [0.05, 0.1) is 11.2 Å². The Bertz CT molecular complexity index is 1140. The van der Waals surface area contributed by atoms with E-state index in [2.05, 4.69) is 4.90 Å². The highest BCUT2D eigenvalue weighted by Gasteiger charge is 2.32. The summed E-state index contributed by atoms with van der Waals surface area (Å²) in [6.45, 7) is 4.89. The summed E-state index contributed by atoms with van der Waals surface area (Å²) in [5.41, 5.74) is 1.94. The second-order valence-corrected chi connectivity index (χ2v) is 8.96. The molecular weight excluding hydrogens is 419 g/mol. The molecule has 2 aliphatic rings. The largest absolute Gasteiger partial charge is 0.487 e. The molecule has 0 unspecified atom stereocenters. The van der Waals surface area contributed by atoms with Crippen LogP contribution in [0.25, 0.3) is 10.9 Å². The number of para-hydroxylation sites is 2. The maximum absolute atomic E-state index is 13.8. The van der Waals surface area contributed by atoms with Gasteiger partial charge in [0.15, 0.2) is 11.6 Å². The van der Waals surface area contributed by atoms with Crippen LogP contribution in [-0.4, -0.2) is 53.1 Å². The van der Waals surface area contributed by atoms with Crippen LogP contribution in [0.2, 0.25) is 0 Å². The topological polar surface area (TPSA) is 58.6 Å². The van der Waals surface area contributed by atoms with Crippen LogP contribution in [0.3, 0.4) is 0 Å². The van der Waals surface area contributed by atoms with Crippen molar-refractivity contribution in [3.63, 3.8) is 0 Å². The van der Waals surface area contributed by atoms with Gasteiger partial charge in [0.2, 0.25) is 11.9 Å². The number of ether oxygens (including phenoxy) is 1. The van der Waals surface area contributed by atoms with Gasteiger partial charge in [-0.2, -0.15) is 0 Å². The molecule has 0 saturated carbocycles. The first-order chi connectivity index (χ1) is 16.1. The standard InChI is InChI=1S/C26H29FN4O2/c1-18-21-6-2-4-8-23(21)29-26(28-18)31-14-10-19(11-15-31)25(32)30-16-12-20(13-17-30)33-24-9-5-3-7-22(24)27/h2-9,19-20H,10-17H2,1H3. The van der Waals surface area contributed by atoms with Crippen LogP contribution in [0.15, 0.2) is 48.5 Å². The van der Waals surface area contributed by atoms with Gasteiger partial charge < -0.3 is 14.5 Å². The second-order valence-electron chi connectivity index (χ2n) is 8.96. The van der Waals surface area contributed by atoms with Crippen molar-refractivity contribution in [3.8, 4) is 5.75 Å². The first-order valence-corrected chi connectivity index (χ1v) is 11.8. The number of amides is 1. The van der Waals surface area contributed by atoms with E-state index in [0.29, 0.717) is 18.8 Å². The molecule has 1 aromatic heterocycles. The lowest BCUT2D eigenvalue weighted by molar-refractivity contribution is -0.138. The van der Waals surface area contributed by atoms with Crippen molar-refractivity contribution in [1.29, 1.82) is 0 Å². The fourth-order valence-electron chi connectivity index (χ4n) is 4.86. The molecule has 172 valence electrons. The van der Waals surface area contributed by atoms with E-state index in [1.807, 2.05) is 36.1 Å². The molecule has 3 heterocycles. The van der Waals surface area contributed by atoms with E-state index in [1.54, 1.807) is 18.2 Å². The van der Waals surface area contributed by atoms with Crippen molar-refractivity contribution in [2.75, 3.05) is 31.1 Å². The van der Waals surface area contributed by atoms with Crippen LogP contribution in [0.1, 0.15) is 31.4 Å². The second kappa shape index (κ2) is 9.33. The molecule has 5 rings (SSSR count). The lowest BCUT2D eigenvalue weighted by Crippen LogP contribution is -2.47. The molecule has 2 aliphatic heterocycles. The van der Waals surface area contributed by atoms with Crippen molar-refractivity contribution in [2.24, 2.45) is 5.92 Å². The van der Waals surface area contributed by atoms with Gasteiger partial charge in [0.25, 0.3) is 0 Å². The maximum atomic E-state index is 13.8. The van der Waals surface area contributed by atoms with Gasteiger partial charge >= 0.3 is 0 Å². The monoisotopic (exact) mass is 448 g/mol. The Morgan fingerprint density at radius 3 is 2.39 bits per heavy atom. The van der Waals surface area contributed by atoms with E-state index < -0.39 is 0 Å². The van der Waals surface area contributed by atoms with Gasteiger partial charge in [0, 0.05) is 50.3 Å². The number of piperidine rings is 2. The predicted octanol–water partition coefficient (Wildman–Crippen LogP) is 4.36. The third-order valence-electron chi connectivity index (χ3n) is 6.79. The smallest absolute Gasteiger partial charge is 0.226 e. The maximum Gasteiger partial charge on any atom is 0.226 e. The van der Waals surface area contributed by atoms with Gasteiger partial charge in [-0.1, -0.05) is 30.3 Å². The van der Waals surface area contributed by atoms with Crippen LogP contribution in [0, 0.1) is 18.7 Å². The highest BCUT2D eigenvalue weighted by Crippen LogP contribution is 2.27. The zero-order valence-electron chi connectivity index (χ0n) is 18.9. The summed E-state index contributed by atoms with van der Waals surface area (Å²) in [7, 11) is 0. The number of likely N-dealkylation sites (tertiary alicyclic amines) is 1. The number of hydrogen-bond acceptors (Lipinski definition) is 5. The summed E-state index contributed by atoms with van der Waals surface area (Å²) >= 11 is 0. The number of carbonyl (C=O) groups is 1. The van der Waals surface area contributed by atoms with Crippen molar-refractivity contribution in [2.45, 2.75) is 38.7 Å². The zero-order valence-corrected chi connectivity index (χ0v) is 18.9. The number of halogens is 1. The highest BCUT2D eigenvalue weighted by atomic mass is 19.1. The predicted molar refractivity (Wildman–Crippen MR) is 126 cm³/mol. The van der Waals surface area contributed by atoms with Crippen LogP contribution in [0.5, 0.6) is 5.75 Å². The minimum atomic E-state index is -0.339. The summed E-state index contributed by atoms with van der Waals surface area (Å²) in [5.74, 6) is 0.971. The summed E-state index contributed by atoms with van der Waals surface area (Å²) in [6, 6.07) is 14.5. The van der Waals surface area contributed by atoms with E-state index in [1.165, 1.54) is 6.07 Å². The van der Waals surface area contributed by atoms with E-state index in [0.717, 1.165) is 61.3 Å². The van der Waals surface area contributed by atoms with Crippen molar-refractivity contribution < 1.29 is 13.9 Å². The van der Waals surface area contributed by atoms with Gasteiger partial charge in [-0.15, -0.1) is 0 Å². The number of rotatable bonds is 4. The molecule has 0 spiro atoms. The first-order valence-electron chi connectivity index (χ1n) is 11.8. The molecule has 0 N–H and O–H groups in total. The Morgan fingerprint density at radius 1 is 0.939 bits per heavy atom. The number of anilines is 1. The summed E-state index contributed by atoms with van der Waals surface area (Å²) in [6.07, 6.45) is 3.01. The number of fused-ring (bicyclic) bond motifs is 1. The molecule has 0 atom stereocenters. The highest BCUT2D eigenvalue weighted by molar-refractivity contribution is 5.82. The molecule has 2 saturated heterocycles. The molecule has 0 bridgehead atoms. The normalized spacial score (nSPS) is 18.0. The number of benzene rings is 2. The first kappa shape index (κ1) is 21.6. The molecule has 1 amide bonds. The van der Waals surface area contributed by atoms with Crippen molar-refractivity contribution >= 4 is 22.8 Å². The van der Waals surface area contributed by atoms with Gasteiger partial charge in [-0.3, -0.25) is 4.79 Å². The Morgan fingerprint density at radius 2 is 1.64 bits per heavy atom. The third-order valence-corrected chi connectivity index (χ3v) is 6.79. The summed E-state index contributed by atoms with van der Waals surface area (Å²) in [5, 5.41) is 1.08.